The van der Waals surface area contributed by atoms with Crippen LogP contribution >= 0.6 is 0 Å². The van der Waals surface area contributed by atoms with Crippen molar-refractivity contribution < 1.29 is 13.2 Å². The quantitative estimate of drug-likeness (QED) is 0.648. The number of hydrogen-bond acceptors (Lipinski definition) is 5. The van der Waals surface area contributed by atoms with Crippen LogP contribution < -0.4 is 16.2 Å². The van der Waals surface area contributed by atoms with Crippen LogP contribution in [0.15, 0.2) is 23.1 Å². The fourth-order valence-corrected chi connectivity index (χ4v) is 2.29. The summed E-state index contributed by atoms with van der Waals surface area (Å²) in [5.41, 5.74) is 6.46. The Morgan fingerprint density at radius 1 is 1.30 bits per heavy atom. The van der Waals surface area contributed by atoms with Crippen molar-refractivity contribution in [2.45, 2.75) is 18.7 Å². The number of likely N-dealkylation sites (N-methyl/N-ethyl adjacent to an activating group) is 1. The first kappa shape index (κ1) is 16.3. The van der Waals surface area contributed by atoms with Crippen LogP contribution in [0.25, 0.3) is 0 Å². The molecule has 0 saturated heterocycles. The first-order valence-corrected chi connectivity index (χ1v) is 7.78. The number of primary sulfonamides is 1. The maximum absolute atomic E-state index is 11.8. The molecule has 0 fully saturated rings. The lowest BCUT2D eigenvalue weighted by molar-refractivity contribution is -0.128. The van der Waals surface area contributed by atoms with Crippen molar-refractivity contribution in [1.82, 2.24) is 4.90 Å². The highest BCUT2D eigenvalue weighted by Gasteiger charge is 2.12. The number of hydrogen-bond donors (Lipinski definition) is 3. The van der Waals surface area contributed by atoms with Crippen LogP contribution in [0.3, 0.4) is 0 Å². The van der Waals surface area contributed by atoms with Crippen molar-refractivity contribution in [3.05, 3.63) is 18.2 Å². The lowest BCUT2D eigenvalue weighted by atomic mass is 10.2. The monoisotopic (exact) mass is 300 g/mol. The fraction of sp³-hybridized carbons (Fsp3) is 0.417. The molecule has 0 heterocycles. The highest BCUT2D eigenvalue weighted by Crippen LogP contribution is 2.21. The molecule has 7 nitrogen and oxygen atoms in total. The molecule has 0 saturated carbocycles. The molecule has 1 aromatic carbocycles. The molecule has 0 bridgehead atoms. The summed E-state index contributed by atoms with van der Waals surface area (Å²) in [4.78, 5) is 13.4. The van der Waals surface area contributed by atoms with Gasteiger partial charge in [0.1, 0.15) is 0 Å². The number of nitrogens with zero attached hydrogens (tertiary/aromatic N) is 1. The molecule has 112 valence electrons. The number of anilines is 2. The normalized spacial score (nSPS) is 11.2. The second-order valence-electron chi connectivity index (χ2n) is 4.21. The van der Waals surface area contributed by atoms with Gasteiger partial charge in [-0.25, -0.2) is 13.6 Å². The first-order valence-electron chi connectivity index (χ1n) is 6.23. The molecule has 20 heavy (non-hydrogen) atoms. The summed E-state index contributed by atoms with van der Waals surface area (Å²) in [5, 5.41) is 7.90. The van der Waals surface area contributed by atoms with Gasteiger partial charge >= 0.3 is 0 Å². The Hall–Kier alpha value is -1.80. The average molecular weight is 300 g/mol. The minimum atomic E-state index is -3.78. The van der Waals surface area contributed by atoms with E-state index < -0.39 is 10.0 Å². The van der Waals surface area contributed by atoms with E-state index in [4.69, 9.17) is 10.9 Å². The van der Waals surface area contributed by atoms with Gasteiger partial charge < -0.3 is 16.0 Å². The van der Waals surface area contributed by atoms with Crippen LogP contribution in [0.4, 0.5) is 11.4 Å². The third kappa shape index (κ3) is 4.10. The maximum Gasteiger partial charge on any atom is 0.241 e. The van der Waals surface area contributed by atoms with Crippen molar-refractivity contribution in [3.8, 4) is 0 Å². The molecule has 0 atom stereocenters. The molecule has 0 unspecified atom stereocenters. The van der Waals surface area contributed by atoms with E-state index in [-0.39, 0.29) is 23.0 Å². The third-order valence-electron chi connectivity index (χ3n) is 2.90. The number of sulfonamides is 1. The van der Waals surface area contributed by atoms with Gasteiger partial charge in [-0.2, -0.15) is 0 Å². The molecule has 0 spiro atoms. The summed E-state index contributed by atoms with van der Waals surface area (Å²) < 4.78 is 22.3. The van der Waals surface area contributed by atoms with Crippen molar-refractivity contribution in [2.24, 2.45) is 5.14 Å². The number of carbonyl (C=O) groups is 1. The number of amides is 1. The zero-order valence-corrected chi connectivity index (χ0v) is 12.4. The molecule has 0 aliphatic heterocycles. The zero-order chi connectivity index (χ0) is 15.3. The molecular formula is C12H20N4O3S. The Balaban J connectivity index is 2.78. The smallest absolute Gasteiger partial charge is 0.241 e. The predicted octanol–water partition coefficient (Wildman–Crippen LogP) is 0.197. The summed E-state index contributed by atoms with van der Waals surface area (Å²) in [6, 6.07) is 4.10. The van der Waals surface area contributed by atoms with Crippen molar-refractivity contribution in [1.29, 1.82) is 0 Å². The van der Waals surface area contributed by atoms with Gasteiger partial charge in [0.15, 0.2) is 0 Å². The van der Waals surface area contributed by atoms with E-state index in [1.54, 1.807) is 4.90 Å². The number of nitrogens with one attached hydrogen (secondary N) is 1. The van der Waals surface area contributed by atoms with Crippen molar-refractivity contribution >= 4 is 27.3 Å². The average Bonchev–Trinajstić information content (AvgIpc) is 2.37. The van der Waals surface area contributed by atoms with Crippen LogP contribution in [0.2, 0.25) is 0 Å². The molecule has 0 radical (unpaired) electrons. The van der Waals surface area contributed by atoms with Gasteiger partial charge in [0, 0.05) is 13.1 Å². The summed E-state index contributed by atoms with van der Waals surface area (Å²) in [6.07, 6.45) is 0. The van der Waals surface area contributed by atoms with Gasteiger partial charge in [-0.15, -0.1) is 0 Å². The molecule has 0 aliphatic carbocycles. The van der Waals surface area contributed by atoms with Gasteiger partial charge in [-0.3, -0.25) is 4.79 Å². The molecule has 1 amide bonds. The topological polar surface area (TPSA) is 119 Å². The van der Waals surface area contributed by atoms with E-state index in [1.165, 1.54) is 18.2 Å². The molecule has 8 heteroatoms. The lowest BCUT2D eigenvalue weighted by Crippen LogP contribution is -2.35. The number of benzene rings is 1. The van der Waals surface area contributed by atoms with Gasteiger partial charge in [0.2, 0.25) is 15.9 Å². The van der Waals surface area contributed by atoms with Crippen molar-refractivity contribution in [3.63, 3.8) is 0 Å². The Morgan fingerprint density at radius 3 is 2.35 bits per heavy atom. The second kappa shape index (κ2) is 6.58. The number of carbonyl (C=O) groups excluding carboxylic acids is 1. The van der Waals surface area contributed by atoms with Gasteiger partial charge in [-0.05, 0) is 32.0 Å². The largest absolute Gasteiger partial charge is 0.397 e. The van der Waals surface area contributed by atoms with E-state index in [0.717, 1.165) is 0 Å². The van der Waals surface area contributed by atoms with Crippen LogP contribution in [0.1, 0.15) is 13.8 Å². The number of nitrogen functional groups attached to an aromatic ring is 1. The van der Waals surface area contributed by atoms with E-state index >= 15 is 0 Å². The van der Waals surface area contributed by atoms with E-state index in [2.05, 4.69) is 5.32 Å². The molecule has 1 aromatic rings. The van der Waals surface area contributed by atoms with Crippen molar-refractivity contribution in [2.75, 3.05) is 30.7 Å². The second-order valence-corrected chi connectivity index (χ2v) is 5.78. The van der Waals surface area contributed by atoms with Gasteiger partial charge in [0.05, 0.1) is 22.8 Å². The highest BCUT2D eigenvalue weighted by molar-refractivity contribution is 7.89. The Bertz CT molecular complexity index is 582. The predicted molar refractivity (Wildman–Crippen MR) is 78.6 cm³/mol. The summed E-state index contributed by atoms with van der Waals surface area (Å²) in [5.74, 6) is -0.0510. The van der Waals surface area contributed by atoms with Crippen LogP contribution in [0, 0.1) is 0 Å². The summed E-state index contributed by atoms with van der Waals surface area (Å²) >= 11 is 0. The fourth-order valence-electron chi connectivity index (χ4n) is 1.74. The lowest BCUT2D eigenvalue weighted by Gasteiger charge is -2.19. The third-order valence-corrected chi connectivity index (χ3v) is 3.81. The van der Waals surface area contributed by atoms with Gasteiger partial charge in [0.25, 0.3) is 0 Å². The van der Waals surface area contributed by atoms with Gasteiger partial charge in [-0.1, -0.05) is 0 Å². The molecule has 0 aromatic heterocycles. The minimum absolute atomic E-state index is 0.0510. The molecule has 5 N–H and O–H groups in total. The van der Waals surface area contributed by atoms with E-state index in [1.807, 2.05) is 13.8 Å². The van der Waals surface area contributed by atoms with E-state index in [9.17, 15) is 13.2 Å². The Morgan fingerprint density at radius 2 is 1.90 bits per heavy atom. The first-order chi connectivity index (χ1) is 9.29. The van der Waals surface area contributed by atoms with E-state index in [0.29, 0.717) is 18.8 Å². The summed E-state index contributed by atoms with van der Waals surface area (Å²) in [7, 11) is -3.78. The molecule has 0 aliphatic rings. The standard InChI is InChI=1S/C12H20N4O3S/c1-3-16(4-2)12(17)8-15-11-6-5-9(7-10(11)13)20(14,18)19/h5-7,15H,3-4,8,13H2,1-2H3,(H2,14,18,19). The maximum atomic E-state index is 11.8. The van der Waals surface area contributed by atoms with Crippen LogP contribution in [-0.4, -0.2) is 38.9 Å². The molecule has 1 rings (SSSR count). The minimum Gasteiger partial charge on any atom is -0.397 e. The Labute approximate surface area is 119 Å². The Kier molecular flexibility index (Phi) is 5.34. The zero-order valence-electron chi connectivity index (χ0n) is 11.6. The SMILES string of the molecule is CCN(CC)C(=O)CNc1ccc(S(N)(=O)=O)cc1N. The van der Waals surface area contributed by atoms with Crippen LogP contribution in [0.5, 0.6) is 0 Å². The number of rotatable bonds is 6. The number of nitrogens with two attached hydrogens (primary N) is 2. The molecular weight excluding hydrogens is 280 g/mol. The summed E-state index contributed by atoms with van der Waals surface area (Å²) in [6.45, 7) is 5.17. The van der Waals surface area contributed by atoms with Crippen LogP contribution in [-0.2, 0) is 14.8 Å². The highest BCUT2D eigenvalue weighted by atomic mass is 32.2.